The van der Waals surface area contributed by atoms with Crippen LogP contribution in [0.5, 0.6) is 0 Å². The van der Waals surface area contributed by atoms with Crippen LogP contribution < -0.4 is 10.0 Å². The predicted molar refractivity (Wildman–Crippen MR) is 101 cm³/mol. The van der Waals surface area contributed by atoms with E-state index in [1.165, 1.54) is 31.2 Å². The topological polar surface area (TPSA) is 92.3 Å². The van der Waals surface area contributed by atoms with Gasteiger partial charge >= 0.3 is 0 Å². The van der Waals surface area contributed by atoms with Crippen molar-refractivity contribution in [2.75, 3.05) is 5.32 Å². The SMILES string of the molecule is CC[C@@H](C)NS(=O)(=O)c1ccc(C(=O)Nc2cccc(C(C)=O)c2)cc1. The Hall–Kier alpha value is -2.51. The second-order valence-corrected chi connectivity index (χ2v) is 7.76. The molecule has 0 saturated heterocycles. The summed E-state index contributed by atoms with van der Waals surface area (Å²) in [4.78, 5) is 23.8. The van der Waals surface area contributed by atoms with Crippen molar-refractivity contribution in [3.63, 3.8) is 0 Å². The molecule has 0 aliphatic rings. The number of anilines is 1. The number of Topliss-reactive ketones (excluding diaryl/α,β-unsaturated/α-hetero) is 1. The van der Waals surface area contributed by atoms with E-state index in [-0.39, 0.29) is 22.6 Å². The first-order chi connectivity index (χ1) is 12.2. The molecule has 0 aromatic heterocycles. The van der Waals surface area contributed by atoms with E-state index in [2.05, 4.69) is 10.0 Å². The van der Waals surface area contributed by atoms with Crippen LogP contribution >= 0.6 is 0 Å². The number of nitrogens with one attached hydrogen (secondary N) is 2. The van der Waals surface area contributed by atoms with Gasteiger partial charge in [-0.25, -0.2) is 13.1 Å². The quantitative estimate of drug-likeness (QED) is 0.728. The summed E-state index contributed by atoms with van der Waals surface area (Å²) in [5.74, 6) is -0.478. The Labute approximate surface area is 153 Å². The van der Waals surface area contributed by atoms with Crippen molar-refractivity contribution in [3.05, 3.63) is 59.7 Å². The van der Waals surface area contributed by atoms with Gasteiger partial charge < -0.3 is 5.32 Å². The number of ketones is 1. The molecule has 0 aliphatic heterocycles. The lowest BCUT2D eigenvalue weighted by molar-refractivity contribution is 0.101. The minimum atomic E-state index is -3.61. The number of rotatable bonds is 7. The lowest BCUT2D eigenvalue weighted by Gasteiger charge is -2.12. The molecule has 0 aliphatic carbocycles. The van der Waals surface area contributed by atoms with E-state index in [1.54, 1.807) is 31.2 Å². The molecule has 0 unspecified atom stereocenters. The minimum Gasteiger partial charge on any atom is -0.322 e. The van der Waals surface area contributed by atoms with Gasteiger partial charge in [0.25, 0.3) is 5.91 Å². The van der Waals surface area contributed by atoms with Gasteiger partial charge in [-0.2, -0.15) is 0 Å². The van der Waals surface area contributed by atoms with Crippen LogP contribution in [-0.4, -0.2) is 26.2 Å². The largest absolute Gasteiger partial charge is 0.322 e. The third kappa shape index (κ3) is 5.00. The van der Waals surface area contributed by atoms with Crippen molar-refractivity contribution in [2.24, 2.45) is 0 Å². The molecule has 1 amide bonds. The van der Waals surface area contributed by atoms with Gasteiger partial charge in [0.2, 0.25) is 10.0 Å². The maximum Gasteiger partial charge on any atom is 0.255 e. The molecule has 2 N–H and O–H groups in total. The molecule has 2 aromatic carbocycles. The number of carbonyl (C=O) groups excluding carboxylic acids is 2. The summed E-state index contributed by atoms with van der Waals surface area (Å²) >= 11 is 0. The Morgan fingerprint density at radius 2 is 1.69 bits per heavy atom. The molecule has 138 valence electrons. The van der Waals surface area contributed by atoms with Crippen LogP contribution in [0.4, 0.5) is 5.69 Å². The first-order valence-corrected chi connectivity index (χ1v) is 9.76. The molecular weight excluding hydrogens is 352 g/mol. The monoisotopic (exact) mass is 374 g/mol. The number of hydrogen-bond donors (Lipinski definition) is 2. The Morgan fingerprint density at radius 3 is 2.27 bits per heavy atom. The molecular formula is C19H22N2O4S. The predicted octanol–water partition coefficient (Wildman–Crippen LogP) is 3.22. The second-order valence-electron chi connectivity index (χ2n) is 6.05. The smallest absolute Gasteiger partial charge is 0.255 e. The van der Waals surface area contributed by atoms with E-state index < -0.39 is 10.0 Å². The zero-order valence-electron chi connectivity index (χ0n) is 14.9. The highest BCUT2D eigenvalue weighted by atomic mass is 32.2. The first kappa shape index (κ1) is 19.8. The summed E-state index contributed by atoms with van der Waals surface area (Å²) in [6.45, 7) is 5.13. The van der Waals surface area contributed by atoms with Gasteiger partial charge in [-0.3, -0.25) is 9.59 Å². The molecule has 0 fully saturated rings. The van der Waals surface area contributed by atoms with Crippen LogP contribution in [0.1, 0.15) is 47.9 Å². The summed E-state index contributed by atoms with van der Waals surface area (Å²) in [5.41, 5.74) is 1.32. The van der Waals surface area contributed by atoms with Gasteiger partial charge in [0.1, 0.15) is 0 Å². The normalized spacial score (nSPS) is 12.4. The molecule has 0 bridgehead atoms. The molecule has 2 aromatic rings. The number of amides is 1. The fourth-order valence-electron chi connectivity index (χ4n) is 2.22. The van der Waals surface area contributed by atoms with Crippen LogP contribution in [0.15, 0.2) is 53.4 Å². The fourth-order valence-corrected chi connectivity index (χ4v) is 3.55. The van der Waals surface area contributed by atoms with E-state index in [4.69, 9.17) is 0 Å². The molecule has 2 rings (SSSR count). The van der Waals surface area contributed by atoms with Crippen LogP contribution in [0.2, 0.25) is 0 Å². The summed E-state index contributed by atoms with van der Waals surface area (Å²) in [6.07, 6.45) is 0.680. The molecule has 0 saturated carbocycles. The van der Waals surface area contributed by atoms with Crippen LogP contribution in [0, 0.1) is 0 Å². The van der Waals surface area contributed by atoms with Gasteiger partial charge in [0, 0.05) is 22.9 Å². The highest BCUT2D eigenvalue weighted by molar-refractivity contribution is 7.89. The summed E-state index contributed by atoms with van der Waals surface area (Å²) in [7, 11) is -3.61. The Balaban J connectivity index is 2.14. The van der Waals surface area contributed by atoms with Gasteiger partial charge in [-0.05, 0) is 56.7 Å². The van der Waals surface area contributed by atoms with E-state index in [0.29, 0.717) is 23.2 Å². The molecule has 1 atom stereocenters. The number of benzene rings is 2. The van der Waals surface area contributed by atoms with Crippen molar-refractivity contribution in [1.82, 2.24) is 4.72 Å². The molecule has 6 nitrogen and oxygen atoms in total. The van der Waals surface area contributed by atoms with Crippen molar-refractivity contribution in [3.8, 4) is 0 Å². The van der Waals surface area contributed by atoms with Crippen LogP contribution in [0.3, 0.4) is 0 Å². The van der Waals surface area contributed by atoms with E-state index >= 15 is 0 Å². The highest BCUT2D eigenvalue weighted by Crippen LogP contribution is 2.15. The van der Waals surface area contributed by atoms with Gasteiger partial charge in [-0.15, -0.1) is 0 Å². The maximum atomic E-state index is 12.3. The van der Waals surface area contributed by atoms with Gasteiger partial charge in [-0.1, -0.05) is 19.1 Å². The highest BCUT2D eigenvalue weighted by Gasteiger charge is 2.17. The van der Waals surface area contributed by atoms with Gasteiger partial charge in [0.15, 0.2) is 5.78 Å². The lowest BCUT2D eigenvalue weighted by Crippen LogP contribution is -2.32. The fraction of sp³-hybridized carbons (Fsp3) is 0.263. The minimum absolute atomic E-state index is 0.0931. The number of carbonyl (C=O) groups is 2. The zero-order valence-corrected chi connectivity index (χ0v) is 15.8. The van der Waals surface area contributed by atoms with Gasteiger partial charge in [0.05, 0.1) is 4.90 Å². The summed E-state index contributed by atoms with van der Waals surface area (Å²) < 4.78 is 27.0. The Morgan fingerprint density at radius 1 is 1.04 bits per heavy atom. The first-order valence-electron chi connectivity index (χ1n) is 8.27. The molecule has 0 spiro atoms. The summed E-state index contributed by atoms with van der Waals surface area (Å²) in [6, 6.07) is 12.2. The lowest BCUT2D eigenvalue weighted by atomic mass is 10.1. The molecule has 0 radical (unpaired) electrons. The standard InChI is InChI=1S/C19H22N2O4S/c1-4-13(2)21-26(24,25)18-10-8-15(9-11-18)19(23)20-17-7-5-6-16(12-17)14(3)22/h5-13,21H,4H2,1-3H3,(H,20,23)/t13-/m1/s1. The molecule has 0 heterocycles. The zero-order chi connectivity index (χ0) is 19.3. The van der Waals surface area contributed by atoms with Crippen molar-refractivity contribution in [2.45, 2.75) is 38.1 Å². The summed E-state index contributed by atoms with van der Waals surface area (Å²) in [5, 5.41) is 2.70. The number of sulfonamides is 1. The Kier molecular flexibility index (Phi) is 6.28. The number of hydrogen-bond acceptors (Lipinski definition) is 4. The van der Waals surface area contributed by atoms with Crippen molar-refractivity contribution < 1.29 is 18.0 Å². The third-order valence-electron chi connectivity index (χ3n) is 3.92. The van der Waals surface area contributed by atoms with E-state index in [1.807, 2.05) is 6.92 Å². The van der Waals surface area contributed by atoms with E-state index in [0.717, 1.165) is 0 Å². The van der Waals surface area contributed by atoms with Crippen molar-refractivity contribution >= 4 is 27.4 Å². The third-order valence-corrected chi connectivity index (χ3v) is 5.53. The molecule has 7 heteroatoms. The van der Waals surface area contributed by atoms with Crippen LogP contribution in [-0.2, 0) is 10.0 Å². The van der Waals surface area contributed by atoms with E-state index in [9.17, 15) is 18.0 Å². The second kappa shape index (κ2) is 8.25. The van der Waals surface area contributed by atoms with Crippen molar-refractivity contribution in [1.29, 1.82) is 0 Å². The average molecular weight is 374 g/mol. The average Bonchev–Trinajstić information content (AvgIpc) is 2.61. The maximum absolute atomic E-state index is 12.3. The van der Waals surface area contributed by atoms with Crippen LogP contribution in [0.25, 0.3) is 0 Å². The Bertz CT molecular complexity index is 905. The molecule has 26 heavy (non-hydrogen) atoms.